The fraction of sp³-hybridized carbons (Fsp3) is 0.474. The van der Waals surface area contributed by atoms with E-state index in [1.807, 2.05) is 0 Å². The zero-order chi connectivity index (χ0) is 20.3. The van der Waals surface area contributed by atoms with E-state index in [0.717, 1.165) is 12.8 Å². The molecule has 2 aromatic rings. The molecule has 1 aliphatic heterocycles. The van der Waals surface area contributed by atoms with Crippen LogP contribution in [0.25, 0.3) is 5.69 Å². The quantitative estimate of drug-likeness (QED) is 0.414. The van der Waals surface area contributed by atoms with Crippen molar-refractivity contribution in [3.8, 4) is 17.4 Å². The Morgan fingerprint density at radius 2 is 2.00 bits per heavy atom. The Morgan fingerprint density at radius 3 is 2.61 bits per heavy atom. The van der Waals surface area contributed by atoms with Crippen LogP contribution in [0.3, 0.4) is 0 Å². The molecule has 0 bridgehead atoms. The standard InChI is InChI=1S/C19H23N3O4S2/c1-12-5-4-6-13(2)21(12)19(27)28-11-16(23)17-18(24)26-20-22(17)14-7-9-15(25-3)10-8-14/h7-10,12-13H,4-6,11H2,1-3H3. The predicted octanol–water partition coefficient (Wildman–Crippen LogP) is 2.50. The molecular formula is C19H23N3O4S2. The van der Waals surface area contributed by atoms with Crippen molar-refractivity contribution in [2.24, 2.45) is 0 Å². The third-order valence-electron chi connectivity index (χ3n) is 4.92. The van der Waals surface area contributed by atoms with Gasteiger partial charge in [0.1, 0.15) is 10.1 Å². The van der Waals surface area contributed by atoms with Crippen LogP contribution in [0.15, 0.2) is 28.8 Å². The lowest BCUT2D eigenvalue weighted by atomic mass is 9.99. The summed E-state index contributed by atoms with van der Waals surface area (Å²) in [5.74, 6) is -0.408. The molecule has 2 unspecified atom stereocenters. The van der Waals surface area contributed by atoms with Crippen LogP contribution in [-0.4, -0.2) is 45.2 Å². The first-order chi connectivity index (χ1) is 13.4. The van der Waals surface area contributed by atoms with Gasteiger partial charge >= 0.3 is 5.69 Å². The molecule has 1 aromatic heterocycles. The highest BCUT2D eigenvalue weighted by atomic mass is 32.2. The number of piperidine rings is 1. The van der Waals surface area contributed by atoms with Gasteiger partial charge in [-0.1, -0.05) is 24.0 Å². The molecule has 1 fully saturated rings. The molecule has 2 atom stereocenters. The van der Waals surface area contributed by atoms with Crippen LogP contribution in [0.1, 0.15) is 43.6 Å². The number of carbonyl (C=O) groups is 1. The van der Waals surface area contributed by atoms with Crippen molar-refractivity contribution in [2.75, 3.05) is 12.9 Å². The van der Waals surface area contributed by atoms with E-state index < -0.39 is 5.95 Å². The molecular weight excluding hydrogens is 398 g/mol. The summed E-state index contributed by atoms with van der Waals surface area (Å²) in [6, 6.07) is 7.55. The third kappa shape index (κ3) is 4.30. The van der Waals surface area contributed by atoms with E-state index in [0.29, 0.717) is 27.8 Å². The average molecular weight is 422 g/mol. The monoisotopic (exact) mass is 421 g/mol. The maximum Gasteiger partial charge on any atom is 0.307 e. The number of nitrogens with zero attached hydrogens (tertiary/aromatic N) is 3. The Hall–Kier alpha value is -2.13. The summed E-state index contributed by atoms with van der Waals surface area (Å²) < 4.78 is 11.8. The van der Waals surface area contributed by atoms with Gasteiger partial charge in [-0.05, 0) is 49.9 Å². The van der Waals surface area contributed by atoms with Crippen molar-refractivity contribution in [2.45, 2.75) is 45.2 Å². The Labute approximate surface area is 173 Å². The minimum absolute atomic E-state index is 0.0569. The number of ketones is 1. The summed E-state index contributed by atoms with van der Waals surface area (Å²) in [4.78, 5) is 14.9. The molecule has 2 heterocycles. The number of aromatic nitrogens is 2. The maximum absolute atomic E-state index is 12.7. The highest BCUT2D eigenvalue weighted by Crippen LogP contribution is 2.27. The molecule has 7 nitrogen and oxygen atoms in total. The van der Waals surface area contributed by atoms with Crippen molar-refractivity contribution < 1.29 is 23.8 Å². The Morgan fingerprint density at radius 1 is 1.36 bits per heavy atom. The molecule has 0 aliphatic carbocycles. The number of hydrogen-bond donors (Lipinski definition) is 0. The van der Waals surface area contributed by atoms with Crippen LogP contribution in [0, 0.1) is 0 Å². The minimum atomic E-state index is -0.757. The van der Waals surface area contributed by atoms with Crippen molar-refractivity contribution >= 4 is 34.1 Å². The Bertz CT molecular complexity index is 843. The largest absolute Gasteiger partial charge is 0.539 e. The molecule has 0 radical (unpaired) electrons. The van der Waals surface area contributed by atoms with Crippen LogP contribution in [0.4, 0.5) is 0 Å². The van der Waals surface area contributed by atoms with E-state index >= 15 is 0 Å². The van der Waals surface area contributed by atoms with E-state index in [1.54, 1.807) is 31.4 Å². The number of methoxy groups -OCH3 is 1. The second-order valence-corrected chi connectivity index (χ2v) is 8.44. The van der Waals surface area contributed by atoms with E-state index in [-0.39, 0.29) is 17.2 Å². The fourth-order valence-corrected chi connectivity index (χ4v) is 4.87. The number of Topliss-reactive ketones (excluding diaryl/α,β-unsaturated/α-hetero) is 1. The van der Waals surface area contributed by atoms with Crippen LogP contribution in [-0.2, 0) is 0 Å². The fourth-order valence-electron chi connectivity index (χ4n) is 3.43. The third-order valence-corrected chi connectivity index (χ3v) is 6.35. The van der Waals surface area contributed by atoms with Gasteiger partial charge in [-0.3, -0.25) is 4.79 Å². The second-order valence-electron chi connectivity index (χ2n) is 6.83. The topological polar surface area (TPSA) is 82.5 Å². The molecule has 28 heavy (non-hydrogen) atoms. The number of ether oxygens (including phenoxy) is 1. The van der Waals surface area contributed by atoms with E-state index in [4.69, 9.17) is 21.5 Å². The number of thioether (sulfide) groups is 1. The maximum atomic E-state index is 12.7. The lowest BCUT2D eigenvalue weighted by Crippen LogP contribution is -2.46. The normalized spacial score (nSPS) is 19.5. The highest BCUT2D eigenvalue weighted by molar-refractivity contribution is 8.23. The predicted molar refractivity (Wildman–Crippen MR) is 108 cm³/mol. The number of hydrogen-bond acceptors (Lipinski definition) is 7. The molecule has 0 N–H and O–H groups in total. The summed E-state index contributed by atoms with van der Waals surface area (Å²) in [6.07, 6.45) is 3.37. The summed E-state index contributed by atoms with van der Waals surface area (Å²) in [5, 5.41) is 15.8. The zero-order valence-corrected chi connectivity index (χ0v) is 17.7. The van der Waals surface area contributed by atoms with Crippen molar-refractivity contribution in [1.82, 2.24) is 10.2 Å². The van der Waals surface area contributed by atoms with E-state index in [2.05, 4.69) is 24.0 Å². The number of benzene rings is 1. The first-order valence-corrected chi connectivity index (χ1v) is 10.5. The number of thiocarbonyl (C=S) groups is 1. The summed E-state index contributed by atoms with van der Waals surface area (Å²) >= 11 is 6.84. The minimum Gasteiger partial charge on any atom is -0.539 e. The Balaban J connectivity index is 1.72. The van der Waals surface area contributed by atoms with Gasteiger partial charge in [-0.15, -0.1) is 0 Å². The van der Waals surface area contributed by atoms with Gasteiger partial charge in [-0.25, -0.2) is 0 Å². The average Bonchev–Trinajstić information content (AvgIpc) is 3.07. The van der Waals surface area contributed by atoms with Gasteiger partial charge in [0.2, 0.25) is 11.5 Å². The van der Waals surface area contributed by atoms with Crippen LogP contribution in [0.2, 0.25) is 0 Å². The van der Waals surface area contributed by atoms with Crippen molar-refractivity contribution in [1.29, 1.82) is 0 Å². The zero-order valence-electron chi connectivity index (χ0n) is 16.1. The van der Waals surface area contributed by atoms with Gasteiger partial charge in [0.25, 0.3) is 0 Å². The number of likely N-dealkylation sites (tertiary alicyclic amines) is 1. The molecule has 0 spiro atoms. The van der Waals surface area contributed by atoms with E-state index in [1.165, 1.54) is 22.9 Å². The van der Waals surface area contributed by atoms with Gasteiger partial charge < -0.3 is 19.3 Å². The van der Waals surface area contributed by atoms with Gasteiger partial charge in [-0.2, -0.15) is 0 Å². The molecule has 1 aliphatic rings. The number of carbonyl (C=O) groups excluding carboxylic acids is 1. The smallest absolute Gasteiger partial charge is 0.307 e. The lowest BCUT2D eigenvalue weighted by Gasteiger charge is -2.40. The molecule has 1 saturated heterocycles. The first-order valence-electron chi connectivity index (χ1n) is 9.14. The molecule has 150 valence electrons. The molecule has 0 amide bonds. The van der Waals surface area contributed by atoms with Gasteiger partial charge in [0.15, 0.2) is 5.95 Å². The Kier molecular flexibility index (Phi) is 6.56. The highest BCUT2D eigenvalue weighted by Gasteiger charge is 2.30. The molecule has 1 aromatic carbocycles. The first kappa shape index (κ1) is 20.6. The summed E-state index contributed by atoms with van der Waals surface area (Å²) in [6.45, 7) is 4.30. The van der Waals surface area contributed by atoms with Gasteiger partial charge in [0, 0.05) is 24.2 Å². The second kappa shape index (κ2) is 8.91. The van der Waals surface area contributed by atoms with Crippen molar-refractivity contribution in [3.05, 3.63) is 30.0 Å². The number of rotatable bonds is 5. The van der Waals surface area contributed by atoms with Crippen molar-refractivity contribution in [3.63, 3.8) is 0 Å². The molecule has 0 saturated carbocycles. The summed E-state index contributed by atoms with van der Waals surface area (Å²) in [7, 11) is 1.56. The molecule has 9 heteroatoms. The lowest BCUT2D eigenvalue weighted by molar-refractivity contribution is -0.672. The van der Waals surface area contributed by atoms with Crippen LogP contribution < -0.4 is 14.5 Å². The van der Waals surface area contributed by atoms with Crippen LogP contribution >= 0.6 is 24.0 Å². The van der Waals surface area contributed by atoms with Crippen LogP contribution in [0.5, 0.6) is 11.7 Å². The van der Waals surface area contributed by atoms with Gasteiger partial charge in [0.05, 0.1) is 18.1 Å². The van der Waals surface area contributed by atoms with E-state index in [9.17, 15) is 9.90 Å². The summed E-state index contributed by atoms with van der Waals surface area (Å²) in [5.41, 5.74) is 0.432. The SMILES string of the molecule is COc1ccc(-[n+]2noc([O-])c2C(=O)CSC(=S)N2C(C)CCCC2C)cc1. The molecule has 3 rings (SSSR count).